The first kappa shape index (κ1) is 26.2. The molecule has 0 radical (unpaired) electrons. The molecule has 0 amide bonds. The van der Waals surface area contributed by atoms with Crippen LogP contribution in [0.2, 0.25) is 0 Å². The molecule has 1 N–H and O–H groups in total. The van der Waals surface area contributed by atoms with Gasteiger partial charge in [0.25, 0.3) is 0 Å². The average molecular weight is 437 g/mol. The van der Waals surface area contributed by atoms with Gasteiger partial charge >= 0.3 is 5.97 Å². The summed E-state index contributed by atoms with van der Waals surface area (Å²) in [4.78, 5) is 11.7. The molecule has 0 spiro atoms. The van der Waals surface area contributed by atoms with Crippen LogP contribution < -0.4 is 0 Å². The molecule has 2 rings (SSSR count). The summed E-state index contributed by atoms with van der Waals surface area (Å²) in [5.74, 6) is -0.841. The minimum absolute atomic E-state index is 0.207. The lowest BCUT2D eigenvalue weighted by Gasteiger charge is -2.31. The molecule has 176 valence electrons. The summed E-state index contributed by atoms with van der Waals surface area (Å²) in [5, 5.41) is 9.61. The Balaban J connectivity index is 2.22. The summed E-state index contributed by atoms with van der Waals surface area (Å²) in [7, 11) is 0. The van der Waals surface area contributed by atoms with Crippen molar-refractivity contribution in [2.24, 2.45) is 5.41 Å². The fraction of sp³-hybridized carbons (Fsp3) is 0.567. The van der Waals surface area contributed by atoms with Gasteiger partial charge in [-0.25, -0.2) is 4.79 Å². The zero-order chi connectivity index (χ0) is 23.2. The van der Waals surface area contributed by atoms with Gasteiger partial charge in [-0.2, -0.15) is 0 Å². The first-order valence-corrected chi connectivity index (χ1v) is 12.9. The van der Waals surface area contributed by atoms with Gasteiger partial charge in [0.2, 0.25) is 0 Å². The number of unbranched alkanes of at least 4 members (excludes halogenated alkanes) is 8. The molecule has 0 aliphatic heterocycles. The molecule has 0 aliphatic carbocycles. The second-order valence-electron chi connectivity index (χ2n) is 9.86. The molecule has 32 heavy (non-hydrogen) atoms. The quantitative estimate of drug-likeness (QED) is 0.266. The van der Waals surface area contributed by atoms with Crippen LogP contribution in [0.3, 0.4) is 0 Å². The molecule has 1 atom stereocenters. The van der Waals surface area contributed by atoms with Crippen LogP contribution >= 0.6 is 0 Å². The van der Waals surface area contributed by atoms with Crippen LogP contribution in [0.25, 0.3) is 11.1 Å². The Morgan fingerprint density at radius 2 is 1.34 bits per heavy atom. The minimum atomic E-state index is -0.841. The van der Waals surface area contributed by atoms with Crippen LogP contribution in [0, 0.1) is 5.41 Å². The molecule has 0 saturated heterocycles. The predicted molar refractivity (Wildman–Crippen MR) is 137 cm³/mol. The van der Waals surface area contributed by atoms with Gasteiger partial charge in [-0.05, 0) is 53.5 Å². The van der Waals surface area contributed by atoms with Crippen molar-refractivity contribution in [2.75, 3.05) is 0 Å². The summed E-state index contributed by atoms with van der Waals surface area (Å²) >= 11 is 0. The van der Waals surface area contributed by atoms with Gasteiger partial charge < -0.3 is 5.11 Å². The highest BCUT2D eigenvalue weighted by molar-refractivity contribution is 5.89. The van der Waals surface area contributed by atoms with Crippen molar-refractivity contribution in [1.29, 1.82) is 0 Å². The van der Waals surface area contributed by atoms with Crippen molar-refractivity contribution in [3.8, 4) is 11.1 Å². The van der Waals surface area contributed by atoms with Crippen LogP contribution in [-0.2, 0) is 6.42 Å². The highest BCUT2D eigenvalue weighted by Crippen LogP contribution is 2.38. The lowest BCUT2D eigenvalue weighted by Crippen LogP contribution is -2.21. The molecule has 0 heterocycles. The number of aromatic carboxylic acids is 1. The summed E-state index contributed by atoms with van der Waals surface area (Å²) in [6.07, 6.45) is 16.4. The Labute approximate surface area is 196 Å². The van der Waals surface area contributed by atoms with E-state index in [0.717, 1.165) is 6.42 Å². The molecule has 0 bridgehead atoms. The van der Waals surface area contributed by atoms with E-state index >= 15 is 0 Å². The van der Waals surface area contributed by atoms with Crippen molar-refractivity contribution in [3.05, 3.63) is 59.7 Å². The van der Waals surface area contributed by atoms with Crippen molar-refractivity contribution in [3.63, 3.8) is 0 Å². The molecule has 0 aliphatic rings. The fourth-order valence-electron chi connectivity index (χ4n) is 4.84. The Morgan fingerprint density at radius 1 is 0.781 bits per heavy atom. The van der Waals surface area contributed by atoms with Crippen LogP contribution in [-0.4, -0.2) is 11.1 Å². The van der Waals surface area contributed by atoms with Crippen molar-refractivity contribution >= 4 is 5.97 Å². The summed E-state index contributed by atoms with van der Waals surface area (Å²) in [5.41, 5.74) is 4.14. The van der Waals surface area contributed by atoms with E-state index in [0.29, 0.717) is 5.56 Å². The zero-order valence-corrected chi connectivity index (χ0v) is 20.7. The number of rotatable bonds is 16. The monoisotopic (exact) mass is 436 g/mol. The van der Waals surface area contributed by atoms with E-state index in [1.807, 2.05) is 18.2 Å². The standard InChI is InChI=1S/C30H44O2/c1-4-6-8-10-11-16-22-30(3,21-15-9-7-5-2)24-27-23-26(29(31)32)19-20-28(27)25-17-13-12-14-18-25/h12-14,17-20,23H,4-11,15-16,21-22,24H2,1-3H3,(H,31,32). The molecule has 0 aromatic heterocycles. The summed E-state index contributed by atoms with van der Waals surface area (Å²) < 4.78 is 0. The molecule has 1 unspecified atom stereocenters. The Bertz CT molecular complexity index is 796. The third kappa shape index (κ3) is 8.81. The molecule has 2 aromatic carbocycles. The molecule has 2 aromatic rings. The van der Waals surface area contributed by atoms with E-state index in [1.165, 1.54) is 93.7 Å². The van der Waals surface area contributed by atoms with Crippen LogP contribution in [0.1, 0.15) is 114 Å². The minimum Gasteiger partial charge on any atom is -0.478 e. The van der Waals surface area contributed by atoms with Crippen LogP contribution in [0.5, 0.6) is 0 Å². The topological polar surface area (TPSA) is 37.3 Å². The number of carboxylic acids is 1. The van der Waals surface area contributed by atoms with E-state index in [9.17, 15) is 9.90 Å². The van der Waals surface area contributed by atoms with Gasteiger partial charge in [0.15, 0.2) is 0 Å². The van der Waals surface area contributed by atoms with E-state index in [1.54, 1.807) is 6.07 Å². The number of carbonyl (C=O) groups is 1. The van der Waals surface area contributed by atoms with Crippen molar-refractivity contribution in [1.82, 2.24) is 0 Å². The number of hydrogen-bond acceptors (Lipinski definition) is 1. The number of benzene rings is 2. The van der Waals surface area contributed by atoms with Gasteiger partial charge in [0.1, 0.15) is 0 Å². The summed E-state index contributed by atoms with van der Waals surface area (Å²) in [6, 6.07) is 16.1. The smallest absolute Gasteiger partial charge is 0.335 e. The summed E-state index contributed by atoms with van der Waals surface area (Å²) in [6.45, 7) is 6.97. The fourth-order valence-corrected chi connectivity index (χ4v) is 4.84. The van der Waals surface area contributed by atoms with Gasteiger partial charge in [-0.1, -0.05) is 121 Å². The molecule has 0 fully saturated rings. The van der Waals surface area contributed by atoms with E-state index in [4.69, 9.17) is 0 Å². The predicted octanol–water partition coefficient (Wildman–Crippen LogP) is 9.32. The maximum atomic E-state index is 11.7. The maximum absolute atomic E-state index is 11.7. The zero-order valence-electron chi connectivity index (χ0n) is 20.7. The Hall–Kier alpha value is -2.09. The normalized spacial score (nSPS) is 13.1. The highest BCUT2D eigenvalue weighted by atomic mass is 16.4. The van der Waals surface area contributed by atoms with Crippen molar-refractivity contribution < 1.29 is 9.90 Å². The average Bonchev–Trinajstić information content (AvgIpc) is 2.79. The Morgan fingerprint density at radius 3 is 1.94 bits per heavy atom. The van der Waals surface area contributed by atoms with E-state index < -0.39 is 5.97 Å². The highest BCUT2D eigenvalue weighted by Gasteiger charge is 2.26. The van der Waals surface area contributed by atoms with Gasteiger partial charge in [-0.15, -0.1) is 0 Å². The second-order valence-corrected chi connectivity index (χ2v) is 9.86. The molecular weight excluding hydrogens is 392 g/mol. The molecule has 0 saturated carbocycles. The van der Waals surface area contributed by atoms with Gasteiger partial charge in [0, 0.05) is 0 Å². The Kier molecular flexibility index (Phi) is 11.6. The van der Waals surface area contributed by atoms with Gasteiger partial charge in [-0.3, -0.25) is 0 Å². The lowest BCUT2D eigenvalue weighted by molar-refractivity contribution is 0.0696. The lowest BCUT2D eigenvalue weighted by atomic mass is 9.74. The van der Waals surface area contributed by atoms with Gasteiger partial charge in [0.05, 0.1) is 5.56 Å². The number of carboxylic acid groups (broad SMARTS) is 1. The SMILES string of the molecule is CCCCCCCCC(C)(CCCCCC)Cc1cc(C(=O)O)ccc1-c1ccccc1. The third-order valence-electron chi connectivity index (χ3n) is 6.82. The number of hydrogen-bond donors (Lipinski definition) is 1. The van der Waals surface area contributed by atoms with E-state index in [2.05, 4.69) is 45.0 Å². The molecule has 2 nitrogen and oxygen atoms in total. The maximum Gasteiger partial charge on any atom is 0.335 e. The first-order chi connectivity index (χ1) is 15.5. The third-order valence-corrected chi connectivity index (χ3v) is 6.82. The van der Waals surface area contributed by atoms with Crippen LogP contribution in [0.15, 0.2) is 48.5 Å². The molecular formula is C30H44O2. The second kappa shape index (κ2) is 14.1. The van der Waals surface area contributed by atoms with E-state index in [-0.39, 0.29) is 5.41 Å². The van der Waals surface area contributed by atoms with Crippen LogP contribution in [0.4, 0.5) is 0 Å². The first-order valence-electron chi connectivity index (χ1n) is 12.9. The largest absolute Gasteiger partial charge is 0.478 e. The molecule has 2 heteroatoms. The van der Waals surface area contributed by atoms with Crippen molar-refractivity contribution in [2.45, 2.75) is 104 Å².